The van der Waals surface area contributed by atoms with E-state index in [0.29, 0.717) is 23.8 Å². The lowest BCUT2D eigenvalue weighted by atomic mass is 9.88. The van der Waals surface area contributed by atoms with Gasteiger partial charge in [-0.25, -0.2) is 4.79 Å². The molecule has 0 unspecified atom stereocenters. The summed E-state index contributed by atoms with van der Waals surface area (Å²) in [6.45, 7) is 6.02. The highest BCUT2D eigenvalue weighted by Gasteiger charge is 2.45. The Morgan fingerprint density at radius 2 is 1.74 bits per heavy atom. The average Bonchev–Trinajstić information content (AvgIpc) is 3.33. The topological polar surface area (TPSA) is 70.1 Å². The highest BCUT2D eigenvalue weighted by atomic mass is 19.4. The highest BCUT2D eigenvalue weighted by Crippen LogP contribution is 2.37. The second-order valence-corrected chi connectivity index (χ2v) is 7.98. The number of likely N-dealkylation sites (tertiary alicyclic amines) is 2. The molecule has 6 nitrogen and oxygen atoms in total. The van der Waals surface area contributed by atoms with Crippen molar-refractivity contribution in [3.63, 3.8) is 0 Å². The van der Waals surface area contributed by atoms with Gasteiger partial charge in [-0.05, 0) is 43.9 Å². The molecule has 0 aromatic rings. The first kappa shape index (κ1) is 20.4. The summed E-state index contributed by atoms with van der Waals surface area (Å²) in [5, 5.41) is 7.12. The van der Waals surface area contributed by atoms with Gasteiger partial charge < -0.3 is 14.7 Å². The number of piperidine rings is 1. The van der Waals surface area contributed by atoms with Crippen LogP contribution >= 0.6 is 0 Å². The zero-order valence-electron chi connectivity index (χ0n) is 15.3. The third-order valence-corrected chi connectivity index (χ3v) is 5.99. The normalized spacial score (nSPS) is 29.9. The Kier molecular flexibility index (Phi) is 6.30. The molecular formula is C18H27F3N2O4. The molecule has 0 bridgehead atoms. The minimum atomic E-state index is -5.08. The predicted molar refractivity (Wildman–Crippen MR) is 90.0 cm³/mol. The average molecular weight is 392 g/mol. The van der Waals surface area contributed by atoms with Gasteiger partial charge >= 0.3 is 12.1 Å². The first-order valence-electron chi connectivity index (χ1n) is 9.66. The van der Waals surface area contributed by atoms with E-state index in [0.717, 1.165) is 58.2 Å². The van der Waals surface area contributed by atoms with Crippen LogP contribution in [-0.4, -0.2) is 78.4 Å². The Morgan fingerprint density at radius 1 is 1.11 bits per heavy atom. The molecule has 3 heterocycles. The number of halogens is 3. The van der Waals surface area contributed by atoms with Gasteiger partial charge in [0.15, 0.2) is 0 Å². The summed E-state index contributed by atoms with van der Waals surface area (Å²) in [7, 11) is 0. The highest BCUT2D eigenvalue weighted by molar-refractivity contribution is 5.80. The SMILES string of the molecule is O=C(O)C(F)(F)F.O=C1[C@@H]2CN(C3CCOCC3)C[C@H]2CCN1CC1CC1. The number of aliphatic carboxylic acids is 1. The molecule has 0 spiro atoms. The van der Waals surface area contributed by atoms with Crippen LogP contribution in [0.25, 0.3) is 0 Å². The van der Waals surface area contributed by atoms with Crippen molar-refractivity contribution in [2.45, 2.75) is 44.3 Å². The van der Waals surface area contributed by atoms with Crippen LogP contribution in [0.2, 0.25) is 0 Å². The summed E-state index contributed by atoms with van der Waals surface area (Å²) in [5.41, 5.74) is 0. The molecule has 0 radical (unpaired) electrons. The van der Waals surface area contributed by atoms with Gasteiger partial charge in [-0.15, -0.1) is 0 Å². The molecule has 0 aromatic carbocycles. The predicted octanol–water partition coefficient (Wildman–Crippen LogP) is 1.99. The van der Waals surface area contributed by atoms with Crippen molar-refractivity contribution in [2.75, 3.05) is 39.4 Å². The molecule has 9 heteroatoms. The van der Waals surface area contributed by atoms with Gasteiger partial charge in [0.25, 0.3) is 0 Å². The van der Waals surface area contributed by atoms with Crippen LogP contribution in [-0.2, 0) is 14.3 Å². The second kappa shape index (κ2) is 8.34. The molecule has 154 valence electrons. The van der Waals surface area contributed by atoms with Gasteiger partial charge in [-0.1, -0.05) is 0 Å². The van der Waals surface area contributed by atoms with Gasteiger partial charge in [0.05, 0.1) is 5.92 Å². The zero-order chi connectivity index (χ0) is 19.6. The molecule has 4 fully saturated rings. The lowest BCUT2D eigenvalue weighted by Gasteiger charge is -2.34. The largest absolute Gasteiger partial charge is 0.490 e. The standard InChI is InChI=1S/C16H26N2O2.C2HF3O2/c19-16-15-11-18(14-4-7-20-8-5-14)10-13(15)3-6-17(16)9-12-1-2-12;3-2(4,5)1(6)7/h12-15H,1-11H2;(H,6,7)/t13-,15-;/m1./s1. The molecule has 27 heavy (non-hydrogen) atoms. The van der Waals surface area contributed by atoms with Crippen LogP contribution in [0.4, 0.5) is 13.2 Å². The molecule has 1 aliphatic carbocycles. The quantitative estimate of drug-likeness (QED) is 0.796. The number of carboxylic acids is 1. The first-order chi connectivity index (χ1) is 12.8. The number of carboxylic acid groups (broad SMARTS) is 1. The summed E-state index contributed by atoms with van der Waals surface area (Å²) in [6.07, 6.45) is 1.12. The summed E-state index contributed by atoms with van der Waals surface area (Å²) < 4.78 is 37.2. The Balaban J connectivity index is 0.000000260. The second-order valence-electron chi connectivity index (χ2n) is 7.98. The number of ether oxygens (including phenoxy) is 1. The van der Waals surface area contributed by atoms with E-state index in [1.54, 1.807) is 0 Å². The van der Waals surface area contributed by atoms with Crippen LogP contribution in [0.15, 0.2) is 0 Å². The Bertz CT molecular complexity index is 547. The van der Waals surface area contributed by atoms with E-state index in [2.05, 4.69) is 9.80 Å². The van der Waals surface area contributed by atoms with E-state index in [1.165, 1.54) is 19.3 Å². The third-order valence-electron chi connectivity index (χ3n) is 5.99. The number of fused-ring (bicyclic) bond motifs is 1. The van der Waals surface area contributed by atoms with E-state index in [4.69, 9.17) is 14.6 Å². The molecule has 3 aliphatic heterocycles. The number of carbonyl (C=O) groups excluding carboxylic acids is 1. The van der Waals surface area contributed by atoms with Crippen molar-refractivity contribution in [3.8, 4) is 0 Å². The van der Waals surface area contributed by atoms with Crippen LogP contribution in [0.1, 0.15) is 32.1 Å². The molecule has 1 N–H and O–H groups in total. The number of amides is 1. The molecule has 4 rings (SSSR count). The van der Waals surface area contributed by atoms with Crippen molar-refractivity contribution in [2.24, 2.45) is 17.8 Å². The number of nitrogens with zero attached hydrogens (tertiary/aromatic N) is 2. The molecule has 0 aromatic heterocycles. The van der Waals surface area contributed by atoms with E-state index >= 15 is 0 Å². The molecule has 1 amide bonds. The van der Waals surface area contributed by atoms with Gasteiger partial charge in [0, 0.05) is 45.4 Å². The van der Waals surface area contributed by atoms with Crippen LogP contribution in [0, 0.1) is 17.8 Å². The van der Waals surface area contributed by atoms with E-state index in [-0.39, 0.29) is 0 Å². The number of rotatable bonds is 3. The van der Waals surface area contributed by atoms with Gasteiger partial charge in [0.1, 0.15) is 0 Å². The Hall–Kier alpha value is -1.35. The summed E-state index contributed by atoms with van der Waals surface area (Å²) >= 11 is 0. The van der Waals surface area contributed by atoms with Crippen molar-refractivity contribution in [1.29, 1.82) is 0 Å². The Morgan fingerprint density at radius 3 is 2.30 bits per heavy atom. The van der Waals surface area contributed by atoms with E-state index in [9.17, 15) is 18.0 Å². The van der Waals surface area contributed by atoms with Crippen molar-refractivity contribution in [3.05, 3.63) is 0 Å². The Labute approximate surface area is 156 Å². The number of alkyl halides is 3. The van der Waals surface area contributed by atoms with Crippen LogP contribution in [0.5, 0.6) is 0 Å². The first-order valence-corrected chi connectivity index (χ1v) is 9.66. The van der Waals surface area contributed by atoms with E-state index < -0.39 is 12.1 Å². The number of carbonyl (C=O) groups is 2. The van der Waals surface area contributed by atoms with Gasteiger partial charge in [0.2, 0.25) is 5.91 Å². The summed E-state index contributed by atoms with van der Waals surface area (Å²) in [6, 6.07) is 0.666. The minimum Gasteiger partial charge on any atom is -0.475 e. The smallest absolute Gasteiger partial charge is 0.475 e. The molecule has 3 saturated heterocycles. The van der Waals surface area contributed by atoms with Crippen LogP contribution in [0.3, 0.4) is 0 Å². The van der Waals surface area contributed by atoms with E-state index in [1.807, 2.05) is 0 Å². The molecule has 1 saturated carbocycles. The van der Waals surface area contributed by atoms with Gasteiger partial charge in [-0.2, -0.15) is 13.2 Å². The lowest BCUT2D eigenvalue weighted by molar-refractivity contribution is -0.192. The summed E-state index contributed by atoms with van der Waals surface area (Å²) in [4.78, 5) is 26.3. The summed E-state index contributed by atoms with van der Waals surface area (Å²) in [5.74, 6) is -0.551. The maximum Gasteiger partial charge on any atom is 0.490 e. The minimum absolute atomic E-state index is 0.297. The molecule has 4 aliphatic rings. The third kappa shape index (κ3) is 5.34. The van der Waals surface area contributed by atoms with Crippen molar-refractivity contribution in [1.82, 2.24) is 9.80 Å². The fraction of sp³-hybridized carbons (Fsp3) is 0.889. The zero-order valence-corrected chi connectivity index (χ0v) is 15.3. The lowest BCUT2D eigenvalue weighted by Crippen LogP contribution is -2.46. The van der Waals surface area contributed by atoms with Crippen molar-refractivity contribution < 1.29 is 32.6 Å². The maximum atomic E-state index is 12.7. The fourth-order valence-corrected chi connectivity index (χ4v) is 4.29. The molecule has 2 atom stereocenters. The number of hydrogen-bond acceptors (Lipinski definition) is 4. The maximum absolute atomic E-state index is 12.7. The molecular weight excluding hydrogens is 365 g/mol. The van der Waals surface area contributed by atoms with Crippen molar-refractivity contribution >= 4 is 11.9 Å². The fourth-order valence-electron chi connectivity index (χ4n) is 4.29. The monoisotopic (exact) mass is 392 g/mol. The van der Waals surface area contributed by atoms with Gasteiger partial charge in [-0.3, -0.25) is 9.69 Å². The number of hydrogen-bond donors (Lipinski definition) is 1. The van der Waals surface area contributed by atoms with Crippen LogP contribution < -0.4 is 0 Å².